The minimum atomic E-state index is 0.376. The predicted octanol–water partition coefficient (Wildman–Crippen LogP) is 2.87. The van der Waals surface area contributed by atoms with Crippen LogP contribution in [-0.4, -0.2) is 45.2 Å². The van der Waals surface area contributed by atoms with Gasteiger partial charge in [0.2, 0.25) is 0 Å². The Hall–Kier alpha value is -0.580. The Morgan fingerprint density at radius 2 is 2.16 bits per heavy atom. The van der Waals surface area contributed by atoms with Crippen molar-refractivity contribution in [3.05, 3.63) is 28.2 Å². The number of hydrogen-bond donors (Lipinski definition) is 1. The number of rotatable bonds is 4. The summed E-state index contributed by atoms with van der Waals surface area (Å²) in [6.45, 7) is 4.47. The van der Waals surface area contributed by atoms with Gasteiger partial charge in [-0.25, -0.2) is 0 Å². The first kappa shape index (κ1) is 14.8. The van der Waals surface area contributed by atoms with Crippen molar-refractivity contribution in [2.75, 3.05) is 39.1 Å². The molecular weight excluding hydrogens is 302 g/mol. The summed E-state index contributed by atoms with van der Waals surface area (Å²) in [7, 11) is 6.36. The first-order chi connectivity index (χ1) is 9.02. The highest BCUT2D eigenvalue weighted by atomic mass is 79.9. The van der Waals surface area contributed by atoms with Crippen LogP contribution in [0.25, 0.3) is 0 Å². The fraction of sp³-hybridized carbons (Fsp3) is 0.600. The van der Waals surface area contributed by atoms with Crippen LogP contribution in [0.15, 0.2) is 22.7 Å². The maximum atomic E-state index is 3.60. The van der Waals surface area contributed by atoms with Crippen LogP contribution in [0.4, 0.5) is 5.69 Å². The van der Waals surface area contributed by atoms with E-state index < -0.39 is 0 Å². The van der Waals surface area contributed by atoms with E-state index in [1.807, 2.05) is 7.05 Å². The van der Waals surface area contributed by atoms with E-state index in [0.29, 0.717) is 12.1 Å². The second-order valence-corrected chi connectivity index (χ2v) is 6.48. The molecule has 0 saturated carbocycles. The van der Waals surface area contributed by atoms with Gasteiger partial charge in [-0.1, -0.05) is 22.0 Å². The number of likely N-dealkylation sites (N-methyl/N-ethyl adjacent to an activating group) is 1. The smallest absolute Gasteiger partial charge is 0.0426 e. The summed E-state index contributed by atoms with van der Waals surface area (Å²) in [5.74, 6) is 0. The van der Waals surface area contributed by atoms with Gasteiger partial charge in [0.25, 0.3) is 0 Å². The molecule has 0 spiro atoms. The third-order valence-electron chi connectivity index (χ3n) is 4.13. The van der Waals surface area contributed by atoms with Gasteiger partial charge in [-0.05, 0) is 52.2 Å². The molecule has 0 amide bonds. The van der Waals surface area contributed by atoms with Crippen LogP contribution in [0.2, 0.25) is 0 Å². The summed E-state index contributed by atoms with van der Waals surface area (Å²) in [6, 6.07) is 7.65. The van der Waals surface area contributed by atoms with Gasteiger partial charge in [-0.15, -0.1) is 0 Å². The van der Waals surface area contributed by atoms with E-state index in [9.17, 15) is 0 Å². The van der Waals surface area contributed by atoms with E-state index in [2.05, 4.69) is 70.3 Å². The zero-order chi connectivity index (χ0) is 14.0. The monoisotopic (exact) mass is 325 g/mol. The lowest BCUT2D eigenvalue weighted by Gasteiger charge is -2.26. The van der Waals surface area contributed by atoms with Gasteiger partial charge in [-0.2, -0.15) is 0 Å². The number of nitrogens with one attached hydrogen (secondary N) is 1. The highest BCUT2D eigenvalue weighted by Gasteiger charge is 2.26. The molecule has 1 aromatic rings. The Balaban J connectivity index is 2.26. The number of halogens is 1. The third kappa shape index (κ3) is 3.30. The lowest BCUT2D eigenvalue weighted by molar-refractivity contribution is 0.315. The quantitative estimate of drug-likeness (QED) is 0.918. The molecule has 2 atom stereocenters. The number of hydrogen-bond acceptors (Lipinski definition) is 3. The van der Waals surface area contributed by atoms with Crippen molar-refractivity contribution >= 4 is 21.6 Å². The number of benzene rings is 1. The second-order valence-electron chi connectivity index (χ2n) is 5.57. The van der Waals surface area contributed by atoms with Crippen LogP contribution in [0.1, 0.15) is 24.9 Å². The summed E-state index contributed by atoms with van der Waals surface area (Å²) in [6.07, 6.45) is 1.24. The summed E-state index contributed by atoms with van der Waals surface area (Å²) in [4.78, 5) is 4.84. The first-order valence-electron chi connectivity index (χ1n) is 6.91. The number of nitrogens with zero attached hydrogens (tertiary/aromatic N) is 2. The average Bonchev–Trinajstić information content (AvgIpc) is 2.87. The van der Waals surface area contributed by atoms with Gasteiger partial charge in [0, 0.05) is 35.3 Å². The fourth-order valence-corrected chi connectivity index (χ4v) is 3.04. The molecule has 3 nitrogen and oxygen atoms in total. The molecule has 1 saturated heterocycles. The summed E-state index contributed by atoms with van der Waals surface area (Å²) < 4.78 is 1.16. The van der Waals surface area contributed by atoms with Crippen LogP contribution in [0, 0.1) is 0 Å². The Morgan fingerprint density at radius 3 is 2.74 bits per heavy atom. The van der Waals surface area contributed by atoms with Crippen molar-refractivity contribution in [2.45, 2.75) is 25.4 Å². The van der Waals surface area contributed by atoms with Crippen LogP contribution >= 0.6 is 15.9 Å². The fourth-order valence-electron chi connectivity index (χ4n) is 2.69. The molecule has 1 aliphatic rings. The molecule has 0 bridgehead atoms. The molecule has 1 heterocycles. The molecular formula is C15H24BrN3. The zero-order valence-corrected chi connectivity index (χ0v) is 13.9. The molecule has 1 aromatic carbocycles. The summed E-state index contributed by atoms with van der Waals surface area (Å²) >= 11 is 3.60. The Kier molecular flexibility index (Phi) is 4.87. The average molecular weight is 326 g/mol. The third-order valence-corrected chi connectivity index (χ3v) is 4.62. The normalized spacial score (nSPS) is 21.2. The lowest BCUT2D eigenvalue weighted by atomic mass is 10.1. The van der Waals surface area contributed by atoms with Crippen LogP contribution in [-0.2, 0) is 0 Å². The molecule has 106 valence electrons. The molecule has 1 fully saturated rings. The summed E-state index contributed by atoms with van der Waals surface area (Å²) in [5, 5.41) is 3.35. The van der Waals surface area contributed by atoms with Gasteiger partial charge < -0.3 is 15.1 Å². The van der Waals surface area contributed by atoms with Crippen molar-refractivity contribution in [2.24, 2.45) is 0 Å². The van der Waals surface area contributed by atoms with Crippen molar-refractivity contribution in [3.63, 3.8) is 0 Å². The highest BCUT2D eigenvalue weighted by Crippen LogP contribution is 2.32. The Bertz CT molecular complexity index is 433. The van der Waals surface area contributed by atoms with E-state index in [1.54, 1.807) is 0 Å². The van der Waals surface area contributed by atoms with Crippen molar-refractivity contribution < 1.29 is 0 Å². The second kappa shape index (κ2) is 6.25. The molecule has 0 aliphatic carbocycles. The van der Waals surface area contributed by atoms with E-state index in [0.717, 1.165) is 17.6 Å². The van der Waals surface area contributed by atoms with Gasteiger partial charge >= 0.3 is 0 Å². The maximum absolute atomic E-state index is 3.60. The van der Waals surface area contributed by atoms with Crippen molar-refractivity contribution in [3.8, 4) is 0 Å². The Labute approximate surface area is 125 Å². The largest absolute Gasteiger partial charge is 0.370 e. The molecule has 2 rings (SSSR count). The Morgan fingerprint density at radius 1 is 1.42 bits per heavy atom. The highest BCUT2D eigenvalue weighted by molar-refractivity contribution is 9.10. The van der Waals surface area contributed by atoms with E-state index in [-0.39, 0.29) is 0 Å². The van der Waals surface area contributed by atoms with E-state index in [1.165, 1.54) is 17.7 Å². The minimum Gasteiger partial charge on any atom is -0.370 e. The number of anilines is 1. The molecule has 0 radical (unpaired) electrons. The van der Waals surface area contributed by atoms with Crippen LogP contribution in [0.5, 0.6) is 0 Å². The molecule has 2 unspecified atom stereocenters. The minimum absolute atomic E-state index is 0.376. The van der Waals surface area contributed by atoms with Gasteiger partial charge in [0.1, 0.15) is 0 Å². The predicted molar refractivity (Wildman–Crippen MR) is 85.9 cm³/mol. The van der Waals surface area contributed by atoms with Gasteiger partial charge in [0.05, 0.1) is 0 Å². The summed E-state index contributed by atoms with van der Waals surface area (Å²) in [5.41, 5.74) is 2.74. The lowest BCUT2D eigenvalue weighted by Crippen LogP contribution is -2.32. The molecule has 0 aromatic heterocycles. The van der Waals surface area contributed by atoms with Crippen molar-refractivity contribution in [1.82, 2.24) is 10.2 Å². The van der Waals surface area contributed by atoms with Gasteiger partial charge in [0.15, 0.2) is 0 Å². The van der Waals surface area contributed by atoms with E-state index in [4.69, 9.17) is 0 Å². The molecule has 4 heteroatoms. The molecule has 1 aliphatic heterocycles. The topological polar surface area (TPSA) is 18.5 Å². The molecule has 1 N–H and O–H groups in total. The SMILES string of the molecule is CNC(C)c1ccc(Br)cc1N1CCC(N(C)C)C1. The van der Waals surface area contributed by atoms with Crippen LogP contribution < -0.4 is 10.2 Å². The van der Waals surface area contributed by atoms with E-state index >= 15 is 0 Å². The van der Waals surface area contributed by atoms with Crippen LogP contribution in [0.3, 0.4) is 0 Å². The maximum Gasteiger partial charge on any atom is 0.0426 e. The van der Waals surface area contributed by atoms with Crippen molar-refractivity contribution in [1.29, 1.82) is 0 Å². The first-order valence-corrected chi connectivity index (χ1v) is 7.70. The molecule has 19 heavy (non-hydrogen) atoms. The zero-order valence-electron chi connectivity index (χ0n) is 12.3. The van der Waals surface area contributed by atoms with Gasteiger partial charge in [-0.3, -0.25) is 0 Å². The standard InChI is InChI=1S/C15H24BrN3/c1-11(17-2)14-6-5-12(16)9-15(14)19-8-7-13(10-19)18(3)4/h5-6,9,11,13,17H,7-8,10H2,1-4H3.